The summed E-state index contributed by atoms with van der Waals surface area (Å²) < 4.78 is 12.8. The fourth-order valence-electron chi connectivity index (χ4n) is 3.78. The molecule has 0 saturated heterocycles. The molecule has 0 spiro atoms. The van der Waals surface area contributed by atoms with Crippen LogP contribution >= 0.6 is 11.3 Å². The molecule has 0 saturated carbocycles. The minimum absolute atomic E-state index is 0.0426. The maximum Gasteiger partial charge on any atom is 0.337 e. The average Bonchev–Trinajstić information content (AvgIpc) is 3.22. The number of aryl methyl sites for hydroxylation is 1. The summed E-state index contributed by atoms with van der Waals surface area (Å²) in [5.74, 6) is -0.491. The van der Waals surface area contributed by atoms with Crippen molar-refractivity contribution in [1.82, 2.24) is 14.0 Å². The fraction of sp³-hybridized carbons (Fsp3) is 0.231. The maximum atomic E-state index is 13.6. The number of rotatable bonds is 7. The summed E-state index contributed by atoms with van der Waals surface area (Å²) in [5, 5.41) is 0.198. The van der Waals surface area contributed by atoms with E-state index in [1.54, 1.807) is 45.3 Å². The van der Waals surface area contributed by atoms with Gasteiger partial charge in [-0.3, -0.25) is 19.0 Å². The monoisotopic (exact) mass is 507 g/mol. The van der Waals surface area contributed by atoms with Gasteiger partial charge in [0.05, 0.1) is 23.1 Å². The van der Waals surface area contributed by atoms with Gasteiger partial charge in [0.25, 0.3) is 11.5 Å². The zero-order valence-corrected chi connectivity index (χ0v) is 21.1. The van der Waals surface area contributed by atoms with E-state index < -0.39 is 23.8 Å². The number of amides is 1. The molecule has 0 aliphatic carbocycles. The van der Waals surface area contributed by atoms with E-state index in [0.717, 1.165) is 21.5 Å². The summed E-state index contributed by atoms with van der Waals surface area (Å²) in [6, 6.07) is 15.7. The van der Waals surface area contributed by atoms with Gasteiger partial charge in [-0.1, -0.05) is 36.4 Å². The number of aromatic nitrogens is 2. The molecule has 0 bridgehead atoms. The summed E-state index contributed by atoms with van der Waals surface area (Å²) in [6.07, 6.45) is 0. The van der Waals surface area contributed by atoms with Gasteiger partial charge < -0.3 is 14.4 Å². The first kappa shape index (κ1) is 24.9. The van der Waals surface area contributed by atoms with Crippen LogP contribution in [0.2, 0.25) is 0 Å². The van der Waals surface area contributed by atoms with Crippen LogP contribution in [0.3, 0.4) is 0 Å². The van der Waals surface area contributed by atoms with Gasteiger partial charge in [-0.05, 0) is 30.2 Å². The second-order valence-electron chi connectivity index (χ2n) is 8.29. The number of carbonyl (C=O) groups excluding carboxylic acids is 2. The third-order valence-corrected chi connectivity index (χ3v) is 6.96. The first-order valence-electron chi connectivity index (χ1n) is 11.1. The summed E-state index contributed by atoms with van der Waals surface area (Å²) in [6.45, 7) is 1.28. The van der Waals surface area contributed by atoms with Crippen LogP contribution in [0.5, 0.6) is 5.75 Å². The highest BCUT2D eigenvalue weighted by Crippen LogP contribution is 2.29. The zero-order chi connectivity index (χ0) is 26.0. The molecule has 0 unspecified atom stereocenters. The predicted molar refractivity (Wildman–Crippen MR) is 137 cm³/mol. The largest absolute Gasteiger partial charge is 0.497 e. The molecule has 0 fully saturated rings. The van der Waals surface area contributed by atoms with Crippen LogP contribution in [0.15, 0.2) is 64.2 Å². The van der Waals surface area contributed by atoms with Crippen LogP contribution in [0.1, 0.15) is 20.8 Å². The van der Waals surface area contributed by atoms with E-state index in [9.17, 15) is 19.2 Å². The number of hydrogen-bond acceptors (Lipinski definition) is 7. The quantitative estimate of drug-likeness (QED) is 0.357. The Hall–Kier alpha value is -4.18. The predicted octanol–water partition coefficient (Wildman–Crippen LogP) is 2.98. The molecule has 2 heterocycles. The molecule has 9 nitrogen and oxygen atoms in total. The Morgan fingerprint density at radius 2 is 1.75 bits per heavy atom. The van der Waals surface area contributed by atoms with Crippen molar-refractivity contribution in [3.63, 3.8) is 0 Å². The number of thiophene rings is 1. The van der Waals surface area contributed by atoms with Crippen LogP contribution in [0.4, 0.5) is 0 Å². The molecule has 36 heavy (non-hydrogen) atoms. The third-order valence-electron chi connectivity index (χ3n) is 5.65. The van der Waals surface area contributed by atoms with Gasteiger partial charge >= 0.3 is 11.7 Å². The number of methoxy groups -OCH3 is 1. The van der Waals surface area contributed by atoms with Crippen LogP contribution in [0.25, 0.3) is 15.9 Å². The first-order valence-corrected chi connectivity index (χ1v) is 11.9. The van der Waals surface area contributed by atoms with Crippen molar-refractivity contribution in [2.75, 3.05) is 21.2 Å². The summed E-state index contributed by atoms with van der Waals surface area (Å²) in [5.41, 5.74) is 0.229. The number of carbonyl (C=O) groups is 2. The van der Waals surface area contributed by atoms with Crippen molar-refractivity contribution in [2.45, 2.75) is 20.1 Å². The van der Waals surface area contributed by atoms with Crippen LogP contribution in [-0.4, -0.2) is 47.1 Å². The fourth-order valence-corrected chi connectivity index (χ4v) is 5.10. The van der Waals surface area contributed by atoms with E-state index in [2.05, 4.69) is 0 Å². The van der Waals surface area contributed by atoms with E-state index in [1.165, 1.54) is 16.6 Å². The molecule has 4 rings (SSSR count). The molecule has 0 atom stereocenters. The average molecular weight is 508 g/mol. The van der Waals surface area contributed by atoms with Crippen molar-refractivity contribution in [1.29, 1.82) is 0 Å². The zero-order valence-electron chi connectivity index (χ0n) is 20.3. The Balaban J connectivity index is 1.88. The van der Waals surface area contributed by atoms with Gasteiger partial charge in [0.15, 0.2) is 0 Å². The van der Waals surface area contributed by atoms with Gasteiger partial charge in [-0.15, -0.1) is 11.3 Å². The van der Waals surface area contributed by atoms with E-state index in [-0.39, 0.29) is 28.4 Å². The number of hydrogen-bond donors (Lipinski definition) is 0. The highest BCUT2D eigenvalue weighted by molar-refractivity contribution is 7.20. The highest BCUT2D eigenvalue weighted by Gasteiger charge is 2.25. The lowest BCUT2D eigenvalue weighted by Crippen LogP contribution is -2.40. The topological polar surface area (TPSA) is 99.8 Å². The molecule has 2 aromatic heterocycles. The maximum absolute atomic E-state index is 13.6. The molecule has 0 aliphatic rings. The summed E-state index contributed by atoms with van der Waals surface area (Å²) in [7, 11) is 4.69. The Labute approximate surface area is 210 Å². The smallest absolute Gasteiger partial charge is 0.337 e. The highest BCUT2D eigenvalue weighted by atomic mass is 32.1. The lowest BCUT2D eigenvalue weighted by atomic mass is 10.2. The minimum Gasteiger partial charge on any atom is -0.497 e. The molecule has 0 radical (unpaired) electrons. The molecule has 4 aromatic rings. The second kappa shape index (κ2) is 10.2. The van der Waals surface area contributed by atoms with Crippen molar-refractivity contribution in [3.05, 3.63) is 91.4 Å². The molecule has 186 valence electrons. The molecule has 1 amide bonds. The molecular formula is C26H25N3O6S. The lowest BCUT2D eigenvalue weighted by molar-refractivity contribution is -0.145. The molecule has 0 aliphatic heterocycles. The van der Waals surface area contributed by atoms with Gasteiger partial charge in [-0.25, -0.2) is 9.36 Å². The van der Waals surface area contributed by atoms with E-state index in [4.69, 9.17) is 9.47 Å². The summed E-state index contributed by atoms with van der Waals surface area (Å²) in [4.78, 5) is 54.8. The Bertz CT molecular complexity index is 1570. The number of fused-ring (bicyclic) bond motifs is 1. The van der Waals surface area contributed by atoms with Crippen LogP contribution in [-0.2, 0) is 22.7 Å². The number of nitrogens with zero attached hydrogens (tertiary/aromatic N) is 3. The Kier molecular flexibility index (Phi) is 7.07. The van der Waals surface area contributed by atoms with Gasteiger partial charge in [0.1, 0.15) is 23.7 Å². The van der Waals surface area contributed by atoms with Gasteiger partial charge in [0.2, 0.25) is 0 Å². The van der Waals surface area contributed by atoms with Gasteiger partial charge in [-0.2, -0.15) is 0 Å². The Morgan fingerprint density at radius 3 is 2.42 bits per heavy atom. The van der Waals surface area contributed by atoms with Crippen molar-refractivity contribution in [2.24, 2.45) is 0 Å². The van der Waals surface area contributed by atoms with Gasteiger partial charge in [0, 0.05) is 20.2 Å². The van der Waals surface area contributed by atoms with Crippen LogP contribution < -0.4 is 16.0 Å². The van der Waals surface area contributed by atoms with E-state index in [1.807, 2.05) is 30.3 Å². The standard InChI is InChI=1S/C26H25N3O6S/c1-16-21-23(31)29(18-11-8-12-19(13-18)34-4)26(33)28(25(21)36-22(16)24(32)27(2)3)14-20(30)35-15-17-9-6-5-7-10-17/h5-13H,14-15H2,1-4H3. The molecule has 2 aromatic carbocycles. The second-order valence-corrected chi connectivity index (χ2v) is 9.29. The lowest BCUT2D eigenvalue weighted by Gasteiger charge is -2.13. The normalized spacial score (nSPS) is 10.9. The number of ether oxygens (including phenoxy) is 2. The van der Waals surface area contributed by atoms with Crippen molar-refractivity contribution >= 4 is 33.4 Å². The van der Waals surface area contributed by atoms with Crippen LogP contribution in [0, 0.1) is 6.92 Å². The van der Waals surface area contributed by atoms with Crippen molar-refractivity contribution in [3.8, 4) is 11.4 Å². The van der Waals surface area contributed by atoms with Crippen molar-refractivity contribution < 1.29 is 19.1 Å². The van der Waals surface area contributed by atoms with E-state index >= 15 is 0 Å². The number of esters is 1. The molecule has 10 heteroatoms. The Morgan fingerprint density at radius 1 is 1.03 bits per heavy atom. The van der Waals surface area contributed by atoms with E-state index in [0.29, 0.717) is 16.2 Å². The summed E-state index contributed by atoms with van der Waals surface area (Å²) >= 11 is 1.01. The third kappa shape index (κ3) is 4.67. The SMILES string of the molecule is COc1cccc(-n2c(=O)c3c(C)c(C(=O)N(C)C)sc3n(CC(=O)OCc3ccccc3)c2=O)c1. The first-order chi connectivity index (χ1) is 17.2. The molecular weight excluding hydrogens is 482 g/mol. The number of benzene rings is 2. The molecule has 0 N–H and O–H groups in total. The minimum atomic E-state index is -0.720.